The van der Waals surface area contributed by atoms with Gasteiger partial charge in [-0.1, -0.05) is 139 Å². The topological polar surface area (TPSA) is 143 Å². The van der Waals surface area contributed by atoms with E-state index < -0.39 is 12.2 Å². The number of nitrogens with one attached hydrogen (secondary N) is 2. The number of rotatable bonds is 16. The first kappa shape index (κ1) is 39.7. The summed E-state index contributed by atoms with van der Waals surface area (Å²) in [6, 6.07) is 44.1. The lowest BCUT2D eigenvalue weighted by Gasteiger charge is -2.36. The molecule has 1 aliphatic heterocycles. The van der Waals surface area contributed by atoms with E-state index in [1.54, 1.807) is 5.48 Å². The fraction of sp³-hybridized carbons (Fsp3) is 0.239. The molecule has 1 aliphatic rings. The van der Waals surface area contributed by atoms with E-state index in [9.17, 15) is 14.7 Å². The number of hydroxylamine groups is 1. The molecule has 7 rings (SSSR count). The lowest BCUT2D eigenvalue weighted by atomic mass is 9.99. The summed E-state index contributed by atoms with van der Waals surface area (Å²) in [5.41, 5.74) is 10.1. The molecule has 3 unspecified atom stereocenters. The highest BCUT2D eigenvalue weighted by Gasteiger charge is 2.33. The summed E-state index contributed by atoms with van der Waals surface area (Å²) in [4.78, 5) is 28.5. The summed E-state index contributed by atoms with van der Waals surface area (Å²) < 4.78 is 19.7. The third-order valence-corrected chi connectivity index (χ3v) is 10.8. The number of aliphatic hydroxyl groups is 1. The van der Waals surface area contributed by atoms with Gasteiger partial charge in [0.2, 0.25) is 11.8 Å². The Morgan fingerprint density at radius 3 is 2.07 bits per heavy atom. The van der Waals surface area contributed by atoms with Crippen molar-refractivity contribution in [1.82, 2.24) is 15.8 Å². The van der Waals surface area contributed by atoms with Gasteiger partial charge in [-0.2, -0.15) is 0 Å². The average molecular weight is 784 g/mol. The molecule has 1 aromatic heterocycles. The number of oxazole rings is 1. The summed E-state index contributed by atoms with van der Waals surface area (Å²) in [6.07, 6.45) is 1.15. The largest absolute Gasteiger partial charge is 0.431 e. The van der Waals surface area contributed by atoms with Crippen molar-refractivity contribution in [3.05, 3.63) is 156 Å². The van der Waals surface area contributed by atoms with Crippen LogP contribution >= 0.6 is 11.8 Å². The molecule has 0 saturated carbocycles. The van der Waals surface area contributed by atoms with Crippen LogP contribution in [0.4, 0.5) is 0 Å². The monoisotopic (exact) mass is 783 g/mol. The standard InChI is InChI=1S/C46H45N3O7S/c50-29-31-18-20-34(21-19-31)40-27-39(30-57-46-48-43(35-11-3-1-4-12-35)44(56-46)36-13-5-2-6-14-36)54-45(55-40)37-24-22-33(23-25-37)38-15-9-10-32(26-38)28-47-41(51)16-7-8-17-42(52)49-53/h1-6,9-15,18-26,39-40,45,50,53H,7-8,16-17,27-30H2,(H,47,51)(H,49,52). The van der Waals surface area contributed by atoms with Crippen LogP contribution < -0.4 is 10.8 Å². The van der Waals surface area contributed by atoms with Crippen molar-refractivity contribution < 1.29 is 33.8 Å². The number of hydrogen-bond donors (Lipinski definition) is 4. The molecule has 1 saturated heterocycles. The lowest BCUT2D eigenvalue weighted by molar-refractivity contribution is -0.245. The van der Waals surface area contributed by atoms with E-state index >= 15 is 0 Å². The molecule has 0 radical (unpaired) electrons. The predicted molar refractivity (Wildman–Crippen MR) is 219 cm³/mol. The summed E-state index contributed by atoms with van der Waals surface area (Å²) in [7, 11) is 0. The second kappa shape index (κ2) is 19.5. The molecule has 2 amide bonds. The number of benzene rings is 5. The summed E-state index contributed by atoms with van der Waals surface area (Å²) >= 11 is 1.52. The Labute approximate surface area is 336 Å². The van der Waals surface area contributed by atoms with Gasteiger partial charge in [0.15, 0.2) is 12.1 Å². The second-order valence-electron chi connectivity index (χ2n) is 13.9. The van der Waals surface area contributed by atoms with Crippen molar-refractivity contribution in [1.29, 1.82) is 0 Å². The quantitative estimate of drug-likeness (QED) is 0.0327. The Kier molecular flexibility index (Phi) is 13.6. The molecule has 11 heteroatoms. The zero-order valence-corrected chi connectivity index (χ0v) is 32.2. The van der Waals surface area contributed by atoms with Crippen LogP contribution in [-0.4, -0.2) is 39.0 Å². The summed E-state index contributed by atoms with van der Waals surface area (Å²) in [5, 5.41) is 21.8. The highest BCUT2D eigenvalue weighted by atomic mass is 32.2. The average Bonchev–Trinajstić information content (AvgIpc) is 3.71. The van der Waals surface area contributed by atoms with E-state index in [2.05, 4.69) is 23.5 Å². The molecular weight excluding hydrogens is 739 g/mol. The molecular formula is C46H45N3O7S. The van der Waals surface area contributed by atoms with E-state index in [0.29, 0.717) is 43.2 Å². The van der Waals surface area contributed by atoms with Crippen LogP contribution in [0.3, 0.4) is 0 Å². The number of carbonyl (C=O) groups excluding carboxylic acids is 2. The predicted octanol–water partition coefficient (Wildman–Crippen LogP) is 9.19. The SMILES string of the molecule is O=C(CCCCC(=O)NCc1cccc(-c2ccc(C3OC(CSc4nc(-c5ccccc5)c(-c5ccccc5)o4)CC(c4ccc(CO)cc4)O3)cc2)c1)NO. The number of carbonyl (C=O) groups is 2. The van der Waals surface area contributed by atoms with E-state index in [1.807, 2.05) is 115 Å². The molecule has 0 aliphatic carbocycles. The Hall–Kier alpha value is -5.56. The number of nitrogens with zero attached hydrogens (tertiary/aromatic N) is 1. The van der Waals surface area contributed by atoms with Gasteiger partial charge in [-0.25, -0.2) is 10.5 Å². The highest BCUT2D eigenvalue weighted by molar-refractivity contribution is 7.99. The normalized spacial score (nSPS) is 16.6. The molecule has 1 fully saturated rings. The molecule has 0 bridgehead atoms. The molecule has 3 atom stereocenters. The highest BCUT2D eigenvalue weighted by Crippen LogP contribution is 2.41. The van der Waals surface area contributed by atoms with Crippen LogP contribution in [0.1, 0.15) is 66.8 Å². The van der Waals surface area contributed by atoms with Crippen molar-refractivity contribution in [3.8, 4) is 33.7 Å². The number of thioether (sulfide) groups is 1. The number of aliphatic hydroxyl groups excluding tert-OH is 1. The van der Waals surface area contributed by atoms with Gasteiger partial charge in [0.1, 0.15) is 5.69 Å². The second-order valence-corrected chi connectivity index (χ2v) is 14.9. The summed E-state index contributed by atoms with van der Waals surface area (Å²) in [6.45, 7) is 0.363. The molecule has 2 heterocycles. The van der Waals surface area contributed by atoms with Crippen molar-refractivity contribution >= 4 is 23.6 Å². The van der Waals surface area contributed by atoms with Crippen LogP contribution in [0.5, 0.6) is 0 Å². The maximum atomic E-state index is 12.4. The van der Waals surface area contributed by atoms with E-state index in [-0.39, 0.29) is 31.1 Å². The zero-order chi connectivity index (χ0) is 39.4. The van der Waals surface area contributed by atoms with Gasteiger partial charge in [-0.15, -0.1) is 0 Å². The number of aromatic nitrogens is 1. The fourth-order valence-corrected chi connectivity index (χ4v) is 7.58. The van der Waals surface area contributed by atoms with Gasteiger partial charge in [-0.3, -0.25) is 14.8 Å². The van der Waals surface area contributed by atoms with E-state index in [4.69, 9.17) is 24.1 Å². The molecule has 4 N–H and O–H groups in total. The minimum atomic E-state index is -0.621. The maximum Gasteiger partial charge on any atom is 0.256 e. The maximum absolute atomic E-state index is 12.4. The number of ether oxygens (including phenoxy) is 2. The van der Waals surface area contributed by atoms with Crippen LogP contribution in [0, 0.1) is 0 Å². The van der Waals surface area contributed by atoms with Gasteiger partial charge in [0.25, 0.3) is 5.22 Å². The molecule has 5 aromatic carbocycles. The first-order valence-corrected chi connectivity index (χ1v) is 20.1. The molecule has 292 valence electrons. The Balaban J connectivity index is 1.04. The molecule has 10 nitrogen and oxygen atoms in total. The van der Waals surface area contributed by atoms with Crippen LogP contribution in [0.2, 0.25) is 0 Å². The third-order valence-electron chi connectivity index (χ3n) is 9.81. The molecule has 6 aromatic rings. The van der Waals surface area contributed by atoms with Crippen molar-refractivity contribution in [2.75, 3.05) is 5.75 Å². The number of amides is 2. The fourth-order valence-electron chi connectivity index (χ4n) is 6.74. The Bertz CT molecular complexity index is 2160. The van der Waals surface area contributed by atoms with Crippen molar-refractivity contribution in [3.63, 3.8) is 0 Å². The van der Waals surface area contributed by atoms with Crippen LogP contribution in [0.25, 0.3) is 33.7 Å². The Morgan fingerprint density at radius 2 is 1.37 bits per heavy atom. The van der Waals surface area contributed by atoms with Gasteiger partial charge in [0, 0.05) is 48.3 Å². The summed E-state index contributed by atoms with van der Waals surface area (Å²) in [5.74, 6) is 0.782. The van der Waals surface area contributed by atoms with Gasteiger partial charge >= 0.3 is 0 Å². The van der Waals surface area contributed by atoms with Gasteiger partial charge < -0.3 is 24.3 Å². The first-order valence-electron chi connectivity index (χ1n) is 19.1. The van der Waals surface area contributed by atoms with Gasteiger partial charge in [0.05, 0.1) is 18.8 Å². The van der Waals surface area contributed by atoms with Gasteiger partial charge in [-0.05, 0) is 46.7 Å². The third kappa shape index (κ3) is 10.6. The Morgan fingerprint density at radius 1 is 0.702 bits per heavy atom. The lowest BCUT2D eigenvalue weighted by Crippen LogP contribution is -2.31. The number of hydrogen-bond acceptors (Lipinski definition) is 9. The minimum Gasteiger partial charge on any atom is -0.431 e. The smallest absolute Gasteiger partial charge is 0.256 e. The van der Waals surface area contributed by atoms with Crippen LogP contribution in [-0.2, 0) is 32.2 Å². The van der Waals surface area contributed by atoms with E-state index in [1.165, 1.54) is 11.8 Å². The minimum absolute atomic E-state index is 0.0260. The zero-order valence-electron chi connectivity index (χ0n) is 31.4. The number of unbranched alkanes of at least 4 members (excludes halogenated alkanes) is 1. The first-order chi connectivity index (χ1) is 27.9. The van der Waals surface area contributed by atoms with Crippen molar-refractivity contribution in [2.24, 2.45) is 0 Å². The van der Waals surface area contributed by atoms with E-state index in [0.717, 1.165) is 56.0 Å². The van der Waals surface area contributed by atoms with Crippen LogP contribution in [0.15, 0.2) is 143 Å². The molecule has 57 heavy (non-hydrogen) atoms. The molecule has 0 spiro atoms. The van der Waals surface area contributed by atoms with Crippen molar-refractivity contribution in [2.45, 2.75) is 69.0 Å².